The van der Waals surface area contributed by atoms with Crippen LogP contribution in [0.5, 0.6) is 0 Å². The quantitative estimate of drug-likeness (QED) is 0.401. The number of carbonyl (C=O) groups excluding carboxylic acids is 1. The first-order chi connectivity index (χ1) is 12.1. The normalized spacial score (nSPS) is 12.3. The molecule has 0 saturated carbocycles. The van der Waals surface area contributed by atoms with E-state index in [1.54, 1.807) is 6.08 Å². The van der Waals surface area contributed by atoms with E-state index in [0.29, 0.717) is 0 Å². The van der Waals surface area contributed by atoms with Crippen LogP contribution in [-0.2, 0) is 27.4 Å². The third-order valence-electron chi connectivity index (χ3n) is 3.77. The van der Waals surface area contributed by atoms with Crippen LogP contribution in [0.3, 0.4) is 0 Å². The summed E-state index contributed by atoms with van der Waals surface area (Å²) >= 11 is 5.88. The number of rotatable bonds is 8. The molecule has 0 fully saturated rings. The standard InChI is InChI=1S/C20H22ClNO3/c1-4-5-11-18-17(14-25-19(21)20(23)24-3)12-15(2)22(18)13-16-9-7-6-8-10-16/h4-12,19H,1,13-14H2,2-3H3/b11-5-. The first-order valence-corrected chi connectivity index (χ1v) is 8.36. The van der Waals surface area contributed by atoms with Gasteiger partial charge < -0.3 is 14.0 Å². The summed E-state index contributed by atoms with van der Waals surface area (Å²) in [4.78, 5) is 11.4. The van der Waals surface area contributed by atoms with Gasteiger partial charge in [0.1, 0.15) is 0 Å². The minimum Gasteiger partial charge on any atom is -0.466 e. The van der Waals surface area contributed by atoms with Gasteiger partial charge in [0.05, 0.1) is 13.7 Å². The van der Waals surface area contributed by atoms with Gasteiger partial charge in [0.2, 0.25) is 5.56 Å². The molecule has 0 N–H and O–H groups in total. The summed E-state index contributed by atoms with van der Waals surface area (Å²) in [6.45, 7) is 6.71. The van der Waals surface area contributed by atoms with Gasteiger partial charge >= 0.3 is 5.97 Å². The van der Waals surface area contributed by atoms with E-state index >= 15 is 0 Å². The first kappa shape index (κ1) is 19.0. The molecule has 1 aromatic carbocycles. The van der Waals surface area contributed by atoms with Crippen molar-refractivity contribution in [1.29, 1.82) is 0 Å². The van der Waals surface area contributed by atoms with Gasteiger partial charge in [0, 0.05) is 23.5 Å². The van der Waals surface area contributed by atoms with E-state index < -0.39 is 11.5 Å². The van der Waals surface area contributed by atoms with E-state index in [1.807, 2.05) is 43.3 Å². The molecule has 2 rings (SSSR count). The Labute approximate surface area is 153 Å². The molecule has 5 heteroatoms. The van der Waals surface area contributed by atoms with Crippen molar-refractivity contribution in [1.82, 2.24) is 4.57 Å². The second-order valence-electron chi connectivity index (χ2n) is 5.51. The summed E-state index contributed by atoms with van der Waals surface area (Å²) in [6, 6.07) is 12.2. The summed E-state index contributed by atoms with van der Waals surface area (Å²) in [6.07, 6.45) is 5.57. The number of nitrogens with zero attached hydrogens (tertiary/aromatic N) is 1. The Kier molecular flexibility index (Phi) is 7.04. The lowest BCUT2D eigenvalue weighted by molar-refractivity contribution is -0.149. The Morgan fingerprint density at radius 1 is 1.36 bits per heavy atom. The zero-order valence-corrected chi connectivity index (χ0v) is 15.2. The predicted molar refractivity (Wildman–Crippen MR) is 100 cm³/mol. The SMILES string of the molecule is C=C/C=C\c1c(COC(Cl)C(=O)OC)cc(C)n1Cc1ccccc1. The number of benzene rings is 1. The van der Waals surface area contributed by atoms with E-state index in [1.165, 1.54) is 12.7 Å². The zero-order chi connectivity index (χ0) is 18.2. The van der Waals surface area contributed by atoms with Crippen molar-refractivity contribution < 1.29 is 14.3 Å². The molecular weight excluding hydrogens is 338 g/mol. The highest BCUT2D eigenvalue weighted by molar-refractivity contribution is 6.28. The number of allylic oxidation sites excluding steroid dienone is 2. The van der Waals surface area contributed by atoms with Crippen molar-refractivity contribution in [3.63, 3.8) is 0 Å². The molecule has 0 bridgehead atoms. The molecule has 0 aliphatic carbocycles. The highest BCUT2D eigenvalue weighted by atomic mass is 35.5. The van der Waals surface area contributed by atoms with Gasteiger partial charge in [0.25, 0.3) is 0 Å². The maximum absolute atomic E-state index is 11.4. The molecule has 0 aliphatic heterocycles. The molecule has 25 heavy (non-hydrogen) atoms. The van der Waals surface area contributed by atoms with Crippen molar-refractivity contribution in [3.05, 3.63) is 77.6 Å². The van der Waals surface area contributed by atoms with Crippen LogP contribution in [0.2, 0.25) is 0 Å². The summed E-state index contributed by atoms with van der Waals surface area (Å²) in [5.74, 6) is -0.606. The molecule has 1 unspecified atom stereocenters. The monoisotopic (exact) mass is 359 g/mol. The summed E-state index contributed by atoms with van der Waals surface area (Å²) in [5, 5.41) is 0. The average Bonchev–Trinajstić information content (AvgIpc) is 2.93. The van der Waals surface area contributed by atoms with E-state index in [-0.39, 0.29) is 6.61 Å². The Balaban J connectivity index is 2.27. The van der Waals surface area contributed by atoms with Gasteiger partial charge in [-0.15, -0.1) is 0 Å². The Morgan fingerprint density at radius 2 is 2.08 bits per heavy atom. The van der Waals surface area contributed by atoms with Crippen molar-refractivity contribution in [2.45, 2.75) is 25.6 Å². The Morgan fingerprint density at radius 3 is 2.72 bits per heavy atom. The topological polar surface area (TPSA) is 40.5 Å². The van der Waals surface area contributed by atoms with E-state index in [0.717, 1.165) is 23.5 Å². The van der Waals surface area contributed by atoms with E-state index in [9.17, 15) is 4.79 Å². The fourth-order valence-electron chi connectivity index (χ4n) is 2.54. The molecule has 1 atom stereocenters. The lowest BCUT2D eigenvalue weighted by Gasteiger charge is -2.12. The van der Waals surface area contributed by atoms with Gasteiger partial charge in [0.15, 0.2) is 0 Å². The minimum atomic E-state index is -1.13. The fraction of sp³-hybridized carbons (Fsp3) is 0.250. The van der Waals surface area contributed by atoms with Crippen LogP contribution in [0.15, 0.2) is 55.1 Å². The lowest BCUT2D eigenvalue weighted by Crippen LogP contribution is -2.19. The first-order valence-electron chi connectivity index (χ1n) is 7.92. The molecule has 0 spiro atoms. The van der Waals surface area contributed by atoms with Crippen LogP contribution in [-0.4, -0.2) is 23.2 Å². The number of carbonyl (C=O) groups is 1. The molecule has 0 saturated heterocycles. The fourth-order valence-corrected chi connectivity index (χ4v) is 2.69. The van der Waals surface area contributed by atoms with Gasteiger partial charge in [-0.3, -0.25) is 0 Å². The smallest absolute Gasteiger partial charge is 0.350 e. The molecule has 1 aromatic heterocycles. The highest BCUT2D eigenvalue weighted by Crippen LogP contribution is 2.21. The largest absolute Gasteiger partial charge is 0.466 e. The summed E-state index contributed by atoms with van der Waals surface area (Å²) in [7, 11) is 1.28. The number of aromatic nitrogens is 1. The Hall–Kier alpha value is -2.30. The zero-order valence-electron chi connectivity index (χ0n) is 14.4. The van der Waals surface area contributed by atoms with Crippen LogP contribution in [0.1, 0.15) is 22.5 Å². The van der Waals surface area contributed by atoms with Crippen LogP contribution in [0, 0.1) is 6.92 Å². The van der Waals surface area contributed by atoms with Crippen LogP contribution in [0.4, 0.5) is 0 Å². The third-order valence-corrected chi connectivity index (χ3v) is 4.08. The second-order valence-corrected chi connectivity index (χ2v) is 5.91. The Bertz CT molecular complexity index is 750. The van der Waals surface area contributed by atoms with Crippen molar-refractivity contribution in [2.75, 3.05) is 7.11 Å². The number of esters is 1. The van der Waals surface area contributed by atoms with Crippen LogP contribution >= 0.6 is 11.6 Å². The average molecular weight is 360 g/mol. The molecule has 0 radical (unpaired) electrons. The van der Waals surface area contributed by atoms with E-state index in [2.05, 4.69) is 28.0 Å². The third kappa shape index (κ3) is 5.08. The number of hydrogen-bond acceptors (Lipinski definition) is 3. The van der Waals surface area contributed by atoms with Gasteiger partial charge in [-0.25, -0.2) is 4.79 Å². The summed E-state index contributed by atoms with van der Waals surface area (Å²) in [5.41, 5.74) is 3.11. The molecule has 0 amide bonds. The predicted octanol–water partition coefficient (Wildman–Crippen LogP) is 4.30. The number of hydrogen-bond donors (Lipinski definition) is 0. The molecular formula is C20H22ClNO3. The number of alkyl halides is 1. The van der Waals surface area contributed by atoms with Crippen molar-refractivity contribution in [2.24, 2.45) is 0 Å². The van der Waals surface area contributed by atoms with Gasteiger partial charge in [-0.2, -0.15) is 0 Å². The maximum atomic E-state index is 11.4. The highest BCUT2D eigenvalue weighted by Gasteiger charge is 2.18. The minimum absolute atomic E-state index is 0.211. The van der Waals surface area contributed by atoms with Crippen LogP contribution in [0.25, 0.3) is 6.08 Å². The number of methoxy groups -OCH3 is 1. The number of halogens is 1. The molecule has 0 aliphatic rings. The van der Waals surface area contributed by atoms with Gasteiger partial charge in [-0.1, -0.05) is 60.7 Å². The van der Waals surface area contributed by atoms with Gasteiger partial charge in [-0.05, 0) is 24.6 Å². The maximum Gasteiger partial charge on any atom is 0.350 e. The number of aryl methyl sites for hydroxylation is 1. The summed E-state index contributed by atoms with van der Waals surface area (Å²) < 4.78 is 12.2. The van der Waals surface area contributed by atoms with Crippen molar-refractivity contribution >= 4 is 23.6 Å². The molecule has 1 heterocycles. The second kappa shape index (κ2) is 9.25. The van der Waals surface area contributed by atoms with E-state index in [4.69, 9.17) is 16.3 Å². The van der Waals surface area contributed by atoms with Crippen molar-refractivity contribution in [3.8, 4) is 0 Å². The molecule has 132 valence electrons. The molecule has 4 nitrogen and oxygen atoms in total. The van der Waals surface area contributed by atoms with Crippen LogP contribution < -0.4 is 0 Å². The number of ether oxygens (including phenoxy) is 2. The molecule has 2 aromatic rings. The lowest BCUT2D eigenvalue weighted by atomic mass is 10.2.